The normalized spacial score (nSPS) is 10.2. The number of hydrogen-bond acceptors (Lipinski definition) is 4. The van der Waals surface area contributed by atoms with Crippen molar-refractivity contribution in [2.45, 2.75) is 12.5 Å². The minimum Gasteiger partial charge on any atom is -0.506 e. The van der Waals surface area contributed by atoms with E-state index in [2.05, 4.69) is 0 Å². The lowest BCUT2D eigenvalue weighted by Crippen LogP contribution is -2.32. The topological polar surface area (TPSA) is 141 Å². The fraction of sp³-hybridized carbons (Fsp3) is 0.222. The van der Waals surface area contributed by atoms with E-state index in [1.54, 1.807) is 6.07 Å². The molecule has 0 aliphatic carbocycles. The first-order valence-electron chi connectivity index (χ1n) is 4.06. The second-order valence-electron chi connectivity index (χ2n) is 3.04. The van der Waals surface area contributed by atoms with Crippen molar-refractivity contribution in [3.63, 3.8) is 0 Å². The largest absolute Gasteiger partial charge is 0.506 e. The van der Waals surface area contributed by atoms with Gasteiger partial charge < -0.3 is 27.2 Å². The summed E-state index contributed by atoms with van der Waals surface area (Å²) >= 11 is 0. The number of carboxylic acids is 1. The Hall–Kier alpha value is -1.21. The van der Waals surface area contributed by atoms with Gasteiger partial charge in [-0.3, -0.25) is 4.79 Å². The predicted molar refractivity (Wildman–Crippen MR) is 69.9 cm³/mol. The molecule has 1 atom stereocenters. The standard InChI is InChI=1S/C9H12N2O3.2ClH.H2O/c10-6-3-5(1-2-8(6)12)4-7(11)9(13)14;;;/h1-3,7,12H,4,10-11H2,(H,13,14);2*1H;1H2/t7-;;;/m1.../s1. The average Bonchev–Trinajstić information content (AvgIpc) is 2.11. The van der Waals surface area contributed by atoms with Crippen LogP contribution < -0.4 is 11.5 Å². The van der Waals surface area contributed by atoms with Crippen molar-refractivity contribution in [2.24, 2.45) is 5.73 Å². The number of nitrogen functional groups attached to an aromatic ring is 1. The van der Waals surface area contributed by atoms with E-state index in [0.717, 1.165) is 0 Å². The molecule has 1 aromatic carbocycles. The van der Waals surface area contributed by atoms with Gasteiger partial charge in [-0.2, -0.15) is 0 Å². The SMILES string of the molecule is Cl.Cl.Nc1cc(C[C@@H](N)C(=O)O)ccc1O.O. The van der Waals surface area contributed by atoms with E-state index >= 15 is 0 Å². The second kappa shape index (κ2) is 8.89. The van der Waals surface area contributed by atoms with Gasteiger partial charge in [-0.05, 0) is 24.1 Å². The minimum absolute atomic E-state index is 0. The molecular formula is C9H16Cl2N2O4. The molecule has 0 aliphatic rings. The number of anilines is 1. The molecule has 0 heterocycles. The Morgan fingerprint density at radius 3 is 2.29 bits per heavy atom. The third kappa shape index (κ3) is 6.18. The highest BCUT2D eigenvalue weighted by Crippen LogP contribution is 2.20. The molecule has 0 aromatic heterocycles. The third-order valence-corrected chi connectivity index (χ3v) is 1.86. The van der Waals surface area contributed by atoms with Crippen LogP contribution in [-0.4, -0.2) is 27.7 Å². The summed E-state index contributed by atoms with van der Waals surface area (Å²) < 4.78 is 0. The summed E-state index contributed by atoms with van der Waals surface area (Å²) in [6, 6.07) is 3.57. The minimum atomic E-state index is -1.06. The number of carbonyl (C=O) groups is 1. The van der Waals surface area contributed by atoms with Crippen LogP contribution in [0.5, 0.6) is 5.75 Å². The summed E-state index contributed by atoms with van der Waals surface area (Å²) in [4.78, 5) is 10.4. The Bertz CT molecular complexity index is 363. The van der Waals surface area contributed by atoms with Crippen molar-refractivity contribution >= 4 is 36.5 Å². The Labute approximate surface area is 111 Å². The lowest BCUT2D eigenvalue weighted by atomic mass is 10.1. The van der Waals surface area contributed by atoms with Crippen molar-refractivity contribution in [2.75, 3.05) is 5.73 Å². The van der Waals surface area contributed by atoms with Crippen molar-refractivity contribution in [1.82, 2.24) is 0 Å². The molecule has 0 saturated carbocycles. The zero-order valence-electron chi connectivity index (χ0n) is 8.79. The Morgan fingerprint density at radius 2 is 1.88 bits per heavy atom. The molecule has 0 radical (unpaired) electrons. The van der Waals surface area contributed by atoms with E-state index < -0.39 is 12.0 Å². The van der Waals surface area contributed by atoms with Crippen LogP contribution in [0, 0.1) is 0 Å². The van der Waals surface area contributed by atoms with Crippen LogP contribution in [0.2, 0.25) is 0 Å². The molecule has 17 heavy (non-hydrogen) atoms. The molecule has 100 valence electrons. The lowest BCUT2D eigenvalue weighted by Gasteiger charge is -2.07. The van der Waals surface area contributed by atoms with Crippen molar-refractivity contribution in [1.29, 1.82) is 0 Å². The summed E-state index contributed by atoms with van der Waals surface area (Å²) in [5.74, 6) is -1.07. The van der Waals surface area contributed by atoms with E-state index in [4.69, 9.17) is 21.7 Å². The maximum absolute atomic E-state index is 10.4. The highest BCUT2D eigenvalue weighted by Gasteiger charge is 2.12. The molecule has 0 amide bonds. The van der Waals surface area contributed by atoms with Crippen LogP contribution >= 0.6 is 24.8 Å². The zero-order valence-corrected chi connectivity index (χ0v) is 10.4. The van der Waals surface area contributed by atoms with E-state index in [0.29, 0.717) is 5.56 Å². The average molecular weight is 287 g/mol. The van der Waals surface area contributed by atoms with Gasteiger partial charge in [0.25, 0.3) is 0 Å². The third-order valence-electron chi connectivity index (χ3n) is 1.86. The number of aromatic hydroxyl groups is 1. The summed E-state index contributed by atoms with van der Waals surface area (Å²) in [6.45, 7) is 0. The Morgan fingerprint density at radius 1 is 1.35 bits per heavy atom. The second-order valence-corrected chi connectivity index (χ2v) is 3.04. The molecule has 6 nitrogen and oxygen atoms in total. The maximum atomic E-state index is 10.4. The molecule has 1 rings (SSSR count). The quantitative estimate of drug-likeness (QED) is 0.455. The molecule has 0 spiro atoms. The van der Waals surface area contributed by atoms with E-state index in [9.17, 15) is 4.79 Å². The van der Waals surface area contributed by atoms with Crippen LogP contribution in [0.15, 0.2) is 18.2 Å². The van der Waals surface area contributed by atoms with Gasteiger partial charge in [0.05, 0.1) is 5.69 Å². The van der Waals surface area contributed by atoms with Crippen LogP contribution in [-0.2, 0) is 11.2 Å². The molecule has 0 saturated heterocycles. The van der Waals surface area contributed by atoms with Crippen LogP contribution in [0.3, 0.4) is 0 Å². The summed E-state index contributed by atoms with van der Waals surface area (Å²) in [5, 5.41) is 17.7. The number of hydrogen-bond donors (Lipinski definition) is 4. The van der Waals surface area contributed by atoms with Crippen molar-refractivity contribution in [3.8, 4) is 5.75 Å². The maximum Gasteiger partial charge on any atom is 0.320 e. The molecular weight excluding hydrogens is 271 g/mol. The van der Waals surface area contributed by atoms with Gasteiger partial charge in [0.15, 0.2) is 0 Å². The number of halogens is 2. The Kier molecular flexibility index (Phi) is 11.0. The number of nitrogens with two attached hydrogens (primary N) is 2. The monoisotopic (exact) mass is 286 g/mol. The number of rotatable bonds is 3. The summed E-state index contributed by atoms with van der Waals surface area (Å²) in [7, 11) is 0. The van der Waals surface area contributed by atoms with Gasteiger partial charge in [0.1, 0.15) is 11.8 Å². The van der Waals surface area contributed by atoms with Gasteiger partial charge in [0.2, 0.25) is 0 Å². The van der Waals surface area contributed by atoms with Crippen molar-refractivity contribution in [3.05, 3.63) is 23.8 Å². The number of carboxylic acid groups (broad SMARTS) is 1. The van der Waals surface area contributed by atoms with Gasteiger partial charge in [0, 0.05) is 0 Å². The smallest absolute Gasteiger partial charge is 0.320 e. The zero-order chi connectivity index (χ0) is 10.7. The Balaban J connectivity index is -0.000000653. The molecule has 0 bridgehead atoms. The first-order chi connectivity index (χ1) is 6.50. The number of benzene rings is 1. The molecule has 8 N–H and O–H groups in total. The van der Waals surface area contributed by atoms with Gasteiger partial charge >= 0.3 is 5.97 Å². The number of phenols is 1. The molecule has 0 aliphatic heterocycles. The summed E-state index contributed by atoms with van der Waals surface area (Å²) in [6.07, 6.45) is 0.194. The molecule has 8 heteroatoms. The summed E-state index contributed by atoms with van der Waals surface area (Å²) in [5.41, 5.74) is 11.7. The fourth-order valence-electron chi connectivity index (χ4n) is 1.07. The first-order valence-corrected chi connectivity index (χ1v) is 4.06. The molecule has 0 fully saturated rings. The van der Waals surface area contributed by atoms with Crippen LogP contribution in [0.25, 0.3) is 0 Å². The van der Waals surface area contributed by atoms with Gasteiger partial charge in [-0.1, -0.05) is 6.07 Å². The van der Waals surface area contributed by atoms with E-state index in [-0.39, 0.29) is 48.1 Å². The highest BCUT2D eigenvalue weighted by atomic mass is 35.5. The van der Waals surface area contributed by atoms with Gasteiger partial charge in [-0.25, -0.2) is 0 Å². The number of phenolic OH excluding ortho intramolecular Hbond substituents is 1. The van der Waals surface area contributed by atoms with Crippen LogP contribution in [0.4, 0.5) is 5.69 Å². The van der Waals surface area contributed by atoms with Gasteiger partial charge in [-0.15, -0.1) is 24.8 Å². The fourth-order valence-corrected chi connectivity index (χ4v) is 1.07. The lowest BCUT2D eigenvalue weighted by molar-refractivity contribution is -0.138. The first kappa shape index (κ1) is 21.1. The molecule has 1 aromatic rings. The van der Waals surface area contributed by atoms with Crippen LogP contribution in [0.1, 0.15) is 5.56 Å². The molecule has 0 unspecified atom stereocenters. The number of aliphatic carboxylic acids is 1. The highest BCUT2D eigenvalue weighted by molar-refractivity contribution is 5.85. The van der Waals surface area contributed by atoms with Crippen molar-refractivity contribution < 1.29 is 20.5 Å². The predicted octanol–water partition coefficient (Wildman–Crippen LogP) is -0.0523. The van der Waals surface area contributed by atoms with E-state index in [1.165, 1.54) is 12.1 Å². The van der Waals surface area contributed by atoms with E-state index in [1.807, 2.05) is 0 Å².